The normalized spacial score (nSPS) is 14.0. The van der Waals surface area contributed by atoms with Gasteiger partial charge in [0.2, 0.25) is 5.78 Å². The van der Waals surface area contributed by atoms with Gasteiger partial charge in [-0.1, -0.05) is 11.6 Å². The molecule has 0 amide bonds. The van der Waals surface area contributed by atoms with Crippen molar-refractivity contribution >= 4 is 46.1 Å². The van der Waals surface area contributed by atoms with Gasteiger partial charge in [-0.05, 0) is 18.2 Å². The number of ketones is 1. The molecule has 0 atom stereocenters. The lowest BCUT2D eigenvalue weighted by molar-refractivity contribution is -0.384. The number of carbonyl (C=O) groups excluding carboxylic acids is 2. The molecule has 8 nitrogen and oxygen atoms in total. The van der Waals surface area contributed by atoms with Crippen molar-refractivity contribution in [3.8, 4) is 0 Å². The molecule has 27 heavy (non-hydrogen) atoms. The number of halogens is 1. The number of non-ortho nitro benzene ring substituents is 1. The maximum absolute atomic E-state index is 12.5. The minimum Gasteiger partial charge on any atom is -0.454 e. The first kappa shape index (κ1) is 19.3. The highest BCUT2D eigenvalue weighted by Gasteiger charge is 2.24. The second-order valence-corrected chi connectivity index (χ2v) is 7.38. The summed E-state index contributed by atoms with van der Waals surface area (Å²) < 4.78 is 10.9. The molecule has 0 aliphatic carbocycles. The quantitative estimate of drug-likeness (QED) is 0.312. The molecular formula is C17H15ClN2O6S. The van der Waals surface area contributed by atoms with Crippen molar-refractivity contribution in [2.75, 3.05) is 37.8 Å². The molecule has 0 saturated carbocycles. The van der Waals surface area contributed by atoms with Crippen molar-refractivity contribution in [1.82, 2.24) is 0 Å². The largest absolute Gasteiger partial charge is 0.454 e. The van der Waals surface area contributed by atoms with Crippen molar-refractivity contribution < 1.29 is 24.0 Å². The summed E-state index contributed by atoms with van der Waals surface area (Å²) in [6.07, 6.45) is 0. The molecule has 2 aromatic rings. The van der Waals surface area contributed by atoms with Gasteiger partial charge in [-0.2, -0.15) is 0 Å². The summed E-state index contributed by atoms with van der Waals surface area (Å²) in [6, 6.07) is 7.15. The molecule has 0 spiro atoms. The summed E-state index contributed by atoms with van der Waals surface area (Å²) in [4.78, 5) is 37.4. The van der Waals surface area contributed by atoms with E-state index in [1.807, 2.05) is 4.90 Å². The minimum absolute atomic E-state index is 0.0445. The Morgan fingerprint density at radius 1 is 1.26 bits per heavy atom. The maximum atomic E-state index is 12.5. The molecule has 0 unspecified atom stereocenters. The van der Waals surface area contributed by atoms with Gasteiger partial charge in [0.15, 0.2) is 6.61 Å². The first-order valence-corrected chi connectivity index (χ1v) is 9.22. The Kier molecular flexibility index (Phi) is 6.04. The standard InChI is InChI=1S/C17H15ClN2O6S/c18-16-4-3-15(27-16)14(21)10-26-17(22)12-9-11(20(23)24)1-2-13(12)19-5-7-25-8-6-19/h1-4,9H,5-8,10H2. The van der Waals surface area contributed by atoms with Crippen LogP contribution in [0.2, 0.25) is 4.34 Å². The monoisotopic (exact) mass is 410 g/mol. The molecule has 1 fully saturated rings. The molecule has 2 heterocycles. The third-order valence-electron chi connectivity index (χ3n) is 3.95. The molecule has 3 rings (SSSR count). The van der Waals surface area contributed by atoms with Gasteiger partial charge in [-0.3, -0.25) is 14.9 Å². The summed E-state index contributed by atoms with van der Waals surface area (Å²) in [6.45, 7) is 1.60. The Morgan fingerprint density at radius 3 is 2.63 bits per heavy atom. The molecule has 1 aliphatic heterocycles. The van der Waals surface area contributed by atoms with Gasteiger partial charge in [0, 0.05) is 25.2 Å². The summed E-state index contributed by atoms with van der Waals surface area (Å²) in [5.74, 6) is -1.19. The van der Waals surface area contributed by atoms with Crippen LogP contribution < -0.4 is 4.90 Å². The summed E-state index contributed by atoms with van der Waals surface area (Å²) in [7, 11) is 0. The van der Waals surface area contributed by atoms with E-state index in [2.05, 4.69) is 0 Å². The highest BCUT2D eigenvalue weighted by Crippen LogP contribution is 2.27. The van der Waals surface area contributed by atoms with Crippen LogP contribution in [0.5, 0.6) is 0 Å². The van der Waals surface area contributed by atoms with E-state index in [0.29, 0.717) is 41.2 Å². The molecule has 0 bridgehead atoms. The molecule has 1 aromatic carbocycles. The van der Waals surface area contributed by atoms with Gasteiger partial charge >= 0.3 is 5.97 Å². The number of nitro benzene ring substituents is 1. The zero-order valence-electron chi connectivity index (χ0n) is 14.1. The SMILES string of the molecule is O=C(COC(=O)c1cc([N+](=O)[O-])ccc1N1CCOCC1)c1ccc(Cl)s1. The third kappa shape index (κ3) is 4.62. The number of ether oxygens (including phenoxy) is 2. The molecule has 1 aliphatic rings. The van der Waals surface area contributed by atoms with Crippen LogP contribution in [0.1, 0.15) is 20.0 Å². The lowest BCUT2D eigenvalue weighted by Crippen LogP contribution is -2.37. The first-order valence-electron chi connectivity index (χ1n) is 8.02. The summed E-state index contributed by atoms with van der Waals surface area (Å²) in [5.41, 5.74) is 0.332. The molecular weight excluding hydrogens is 396 g/mol. The average molecular weight is 411 g/mol. The van der Waals surface area contributed by atoms with Crippen LogP contribution >= 0.6 is 22.9 Å². The van der Waals surface area contributed by atoms with Crippen molar-refractivity contribution in [3.63, 3.8) is 0 Å². The molecule has 1 saturated heterocycles. The molecule has 142 valence electrons. The van der Waals surface area contributed by atoms with Gasteiger partial charge in [0.1, 0.15) is 0 Å². The number of hydrogen-bond donors (Lipinski definition) is 0. The van der Waals surface area contributed by atoms with Crippen LogP contribution in [0.25, 0.3) is 0 Å². The van der Waals surface area contributed by atoms with E-state index >= 15 is 0 Å². The summed E-state index contributed by atoms with van der Waals surface area (Å²) in [5, 5.41) is 11.1. The van der Waals surface area contributed by atoms with Gasteiger partial charge < -0.3 is 14.4 Å². The fourth-order valence-electron chi connectivity index (χ4n) is 2.63. The topological polar surface area (TPSA) is 99.0 Å². The van der Waals surface area contributed by atoms with Crippen LogP contribution in [0.15, 0.2) is 30.3 Å². The van der Waals surface area contributed by atoms with E-state index in [1.54, 1.807) is 12.1 Å². The average Bonchev–Trinajstić information content (AvgIpc) is 3.12. The van der Waals surface area contributed by atoms with Crippen molar-refractivity contribution in [2.45, 2.75) is 0 Å². The predicted octanol–water partition coefficient (Wildman–Crippen LogP) is 3.19. The van der Waals surface area contributed by atoms with Crippen molar-refractivity contribution in [1.29, 1.82) is 0 Å². The number of anilines is 1. The number of carbonyl (C=O) groups is 2. The number of thiophene rings is 1. The lowest BCUT2D eigenvalue weighted by Gasteiger charge is -2.30. The second-order valence-electron chi connectivity index (χ2n) is 5.66. The molecule has 1 aromatic heterocycles. The Labute approximate surface area is 163 Å². The number of morpholine rings is 1. The smallest absolute Gasteiger partial charge is 0.340 e. The number of nitrogens with zero attached hydrogens (tertiary/aromatic N) is 2. The van der Waals surface area contributed by atoms with E-state index in [1.165, 1.54) is 18.2 Å². The fraction of sp³-hybridized carbons (Fsp3) is 0.294. The van der Waals surface area contributed by atoms with Crippen LogP contribution in [-0.2, 0) is 9.47 Å². The number of Topliss-reactive ketones (excluding diaryl/α,β-unsaturated/α-hetero) is 1. The van der Waals surface area contributed by atoms with E-state index in [-0.39, 0.29) is 11.3 Å². The zero-order valence-corrected chi connectivity index (χ0v) is 15.6. The Bertz CT molecular complexity index is 878. The van der Waals surface area contributed by atoms with Gasteiger partial charge in [0.25, 0.3) is 5.69 Å². The van der Waals surface area contributed by atoms with Crippen LogP contribution in [0.3, 0.4) is 0 Å². The highest BCUT2D eigenvalue weighted by molar-refractivity contribution is 7.18. The number of benzene rings is 1. The Hall–Kier alpha value is -2.49. The van der Waals surface area contributed by atoms with Gasteiger partial charge in [0.05, 0.1) is 38.6 Å². The van der Waals surface area contributed by atoms with Crippen LogP contribution in [0, 0.1) is 10.1 Å². The minimum atomic E-state index is -0.795. The third-order valence-corrected chi connectivity index (χ3v) is 5.22. The van der Waals surface area contributed by atoms with Gasteiger partial charge in [-0.25, -0.2) is 4.79 Å². The van der Waals surface area contributed by atoms with E-state index in [0.717, 1.165) is 11.3 Å². The maximum Gasteiger partial charge on any atom is 0.340 e. The van der Waals surface area contributed by atoms with Crippen molar-refractivity contribution in [3.05, 3.63) is 55.2 Å². The zero-order chi connectivity index (χ0) is 19.4. The van der Waals surface area contributed by atoms with Crippen LogP contribution in [-0.4, -0.2) is 49.6 Å². The van der Waals surface area contributed by atoms with E-state index in [4.69, 9.17) is 21.1 Å². The molecule has 10 heteroatoms. The number of hydrogen-bond acceptors (Lipinski definition) is 8. The van der Waals surface area contributed by atoms with E-state index < -0.39 is 23.3 Å². The number of esters is 1. The Balaban J connectivity index is 1.79. The second kappa shape index (κ2) is 8.47. The predicted molar refractivity (Wildman–Crippen MR) is 100 cm³/mol. The Morgan fingerprint density at radius 2 is 2.00 bits per heavy atom. The molecule has 0 radical (unpaired) electrons. The first-order chi connectivity index (χ1) is 13.0. The highest BCUT2D eigenvalue weighted by atomic mass is 35.5. The lowest BCUT2D eigenvalue weighted by atomic mass is 10.1. The summed E-state index contributed by atoms with van der Waals surface area (Å²) >= 11 is 6.88. The number of rotatable bonds is 6. The van der Waals surface area contributed by atoms with Gasteiger partial charge in [-0.15, -0.1) is 11.3 Å². The molecule has 0 N–H and O–H groups in total. The van der Waals surface area contributed by atoms with E-state index in [9.17, 15) is 19.7 Å². The van der Waals surface area contributed by atoms with Crippen LogP contribution in [0.4, 0.5) is 11.4 Å². The van der Waals surface area contributed by atoms with Crippen molar-refractivity contribution in [2.24, 2.45) is 0 Å². The fourth-order valence-corrected chi connectivity index (χ4v) is 3.59. The number of nitro groups is 1.